The lowest BCUT2D eigenvalue weighted by molar-refractivity contribution is 0.0579. The molecule has 0 atom stereocenters. The highest BCUT2D eigenvalue weighted by atomic mass is 19.3. The molecular weight excluding hydrogens is 224 g/mol. The molecule has 0 saturated carbocycles. The molecule has 0 radical (unpaired) electrons. The first-order valence-corrected chi connectivity index (χ1v) is 4.15. The van der Waals surface area contributed by atoms with Crippen molar-refractivity contribution in [3.63, 3.8) is 0 Å². The van der Waals surface area contributed by atoms with Crippen molar-refractivity contribution in [3.05, 3.63) is 17.5 Å². The van der Waals surface area contributed by atoms with Crippen LogP contribution in [0.3, 0.4) is 0 Å². The topological polar surface area (TPSA) is 68.7 Å². The van der Waals surface area contributed by atoms with Crippen molar-refractivity contribution in [1.29, 1.82) is 0 Å². The van der Waals surface area contributed by atoms with Crippen molar-refractivity contribution < 1.29 is 28.2 Å². The third-order valence-corrected chi connectivity index (χ3v) is 1.85. The van der Waals surface area contributed by atoms with Crippen molar-refractivity contribution in [3.8, 4) is 11.5 Å². The van der Waals surface area contributed by atoms with E-state index in [4.69, 9.17) is 0 Å². The maximum Gasteiger partial charge on any atom is 0.357 e. The molecule has 0 fully saturated rings. The van der Waals surface area contributed by atoms with Gasteiger partial charge in [-0.05, 0) is 0 Å². The molecule has 0 aromatic carbocycles. The highest BCUT2D eigenvalue weighted by Gasteiger charge is 2.27. The summed E-state index contributed by atoms with van der Waals surface area (Å²) < 4.78 is 34.3. The molecule has 16 heavy (non-hydrogen) atoms. The number of halogens is 2. The normalized spacial score (nSPS) is 10.3. The van der Waals surface area contributed by atoms with Crippen molar-refractivity contribution in [1.82, 2.24) is 4.98 Å². The summed E-state index contributed by atoms with van der Waals surface area (Å²) in [6.07, 6.45) is -2.17. The predicted molar refractivity (Wildman–Crippen MR) is 48.8 cm³/mol. The van der Waals surface area contributed by atoms with E-state index in [1.807, 2.05) is 0 Å². The summed E-state index contributed by atoms with van der Waals surface area (Å²) in [6.45, 7) is 0. The molecule has 1 N–H and O–H groups in total. The number of rotatable bonds is 3. The van der Waals surface area contributed by atoms with Gasteiger partial charge in [-0.25, -0.2) is 18.6 Å². The lowest BCUT2D eigenvalue weighted by Crippen LogP contribution is -2.10. The van der Waals surface area contributed by atoms with Crippen molar-refractivity contribution in [2.75, 3.05) is 14.2 Å². The first-order chi connectivity index (χ1) is 7.52. The molecular formula is C9H9F2NO4. The number of alkyl halides is 2. The summed E-state index contributed by atoms with van der Waals surface area (Å²) in [5.74, 6) is -2.07. The second-order valence-corrected chi connectivity index (χ2v) is 2.73. The van der Waals surface area contributed by atoms with Crippen LogP contribution in [0.25, 0.3) is 0 Å². The van der Waals surface area contributed by atoms with Crippen LogP contribution in [0.5, 0.6) is 11.5 Å². The maximum absolute atomic E-state index is 12.7. The Morgan fingerprint density at radius 3 is 2.56 bits per heavy atom. The highest BCUT2D eigenvalue weighted by Crippen LogP contribution is 2.37. The van der Waals surface area contributed by atoms with E-state index in [0.717, 1.165) is 20.4 Å². The molecule has 5 nitrogen and oxygen atoms in total. The largest absolute Gasteiger partial charge is 0.503 e. The third-order valence-electron chi connectivity index (χ3n) is 1.85. The number of pyridine rings is 1. The number of hydrogen-bond donors (Lipinski definition) is 1. The molecule has 0 aliphatic rings. The summed E-state index contributed by atoms with van der Waals surface area (Å²) in [6, 6.07) is 0. The lowest BCUT2D eigenvalue weighted by atomic mass is 10.1. The fraction of sp³-hybridized carbons (Fsp3) is 0.333. The summed E-state index contributed by atoms with van der Waals surface area (Å²) in [7, 11) is 2.14. The van der Waals surface area contributed by atoms with E-state index >= 15 is 0 Å². The van der Waals surface area contributed by atoms with Gasteiger partial charge in [-0.2, -0.15) is 0 Å². The Bertz CT molecular complexity index is 409. The van der Waals surface area contributed by atoms with Gasteiger partial charge in [0.25, 0.3) is 6.43 Å². The van der Waals surface area contributed by atoms with Crippen LogP contribution in [0.15, 0.2) is 6.20 Å². The first kappa shape index (κ1) is 12.2. The molecule has 1 rings (SSSR count). The number of esters is 1. The smallest absolute Gasteiger partial charge is 0.357 e. The van der Waals surface area contributed by atoms with E-state index in [-0.39, 0.29) is 0 Å². The Balaban J connectivity index is 3.45. The number of ether oxygens (including phenoxy) is 2. The first-order valence-electron chi connectivity index (χ1n) is 4.15. The Kier molecular flexibility index (Phi) is 3.60. The molecule has 0 spiro atoms. The quantitative estimate of drug-likeness (QED) is 0.801. The second kappa shape index (κ2) is 4.73. The monoisotopic (exact) mass is 233 g/mol. The van der Waals surface area contributed by atoms with Crippen LogP contribution in [0, 0.1) is 0 Å². The highest BCUT2D eigenvalue weighted by molar-refractivity contribution is 5.90. The van der Waals surface area contributed by atoms with Crippen LogP contribution in [-0.4, -0.2) is 30.3 Å². The van der Waals surface area contributed by atoms with E-state index in [2.05, 4.69) is 14.5 Å². The third kappa shape index (κ3) is 2.02. The molecule has 88 valence electrons. The number of carbonyl (C=O) groups is 1. The van der Waals surface area contributed by atoms with Gasteiger partial charge in [0.1, 0.15) is 0 Å². The summed E-state index contributed by atoms with van der Waals surface area (Å²) in [5.41, 5.74) is -1.36. The van der Waals surface area contributed by atoms with Crippen LogP contribution in [0.4, 0.5) is 8.78 Å². The summed E-state index contributed by atoms with van der Waals surface area (Å²) in [5, 5.41) is 9.25. The van der Waals surface area contributed by atoms with Gasteiger partial charge in [-0.15, -0.1) is 0 Å². The molecule has 1 heterocycles. The van der Waals surface area contributed by atoms with Gasteiger partial charge in [0.2, 0.25) is 0 Å². The molecule has 7 heteroatoms. The zero-order chi connectivity index (χ0) is 12.3. The average molecular weight is 233 g/mol. The minimum Gasteiger partial charge on any atom is -0.503 e. The van der Waals surface area contributed by atoms with E-state index in [1.165, 1.54) is 0 Å². The summed E-state index contributed by atoms with van der Waals surface area (Å²) in [4.78, 5) is 14.6. The Morgan fingerprint density at radius 2 is 2.12 bits per heavy atom. The number of aromatic nitrogens is 1. The molecule has 1 aromatic rings. The van der Waals surface area contributed by atoms with Gasteiger partial charge in [-0.1, -0.05) is 0 Å². The number of methoxy groups -OCH3 is 2. The second-order valence-electron chi connectivity index (χ2n) is 2.73. The minimum atomic E-state index is -3.01. The maximum atomic E-state index is 12.7. The Morgan fingerprint density at radius 1 is 1.50 bits per heavy atom. The van der Waals surface area contributed by atoms with E-state index in [9.17, 15) is 18.7 Å². The standard InChI is InChI=1S/C9H9F2NO4/c1-15-7-4(13)3-12-6(9(14)16-2)5(7)8(10)11/h3,8,13H,1-2H3. The van der Waals surface area contributed by atoms with E-state index < -0.39 is 35.2 Å². The summed E-state index contributed by atoms with van der Waals surface area (Å²) >= 11 is 0. The van der Waals surface area contributed by atoms with Crippen LogP contribution < -0.4 is 4.74 Å². The zero-order valence-electron chi connectivity index (χ0n) is 8.53. The number of nitrogens with zero attached hydrogens (tertiary/aromatic N) is 1. The molecule has 0 amide bonds. The minimum absolute atomic E-state index is 0.481. The molecule has 0 unspecified atom stereocenters. The van der Waals surface area contributed by atoms with Crippen LogP contribution >= 0.6 is 0 Å². The van der Waals surface area contributed by atoms with E-state index in [0.29, 0.717) is 0 Å². The van der Waals surface area contributed by atoms with Crippen LogP contribution in [0.1, 0.15) is 22.5 Å². The van der Waals surface area contributed by atoms with Gasteiger partial charge in [-0.3, -0.25) is 0 Å². The fourth-order valence-electron chi connectivity index (χ4n) is 1.18. The molecule has 0 aliphatic carbocycles. The molecule has 0 bridgehead atoms. The fourth-order valence-corrected chi connectivity index (χ4v) is 1.18. The zero-order valence-corrected chi connectivity index (χ0v) is 8.53. The SMILES string of the molecule is COC(=O)c1ncc(O)c(OC)c1C(F)F. The van der Waals surface area contributed by atoms with Gasteiger partial charge < -0.3 is 14.6 Å². The predicted octanol–water partition coefficient (Wildman–Crippen LogP) is 1.52. The van der Waals surface area contributed by atoms with Gasteiger partial charge >= 0.3 is 5.97 Å². The van der Waals surface area contributed by atoms with Crippen molar-refractivity contribution in [2.24, 2.45) is 0 Å². The van der Waals surface area contributed by atoms with Crippen LogP contribution in [-0.2, 0) is 4.74 Å². The molecule has 0 aliphatic heterocycles. The number of aromatic hydroxyl groups is 1. The van der Waals surface area contributed by atoms with Gasteiger partial charge in [0.05, 0.1) is 26.0 Å². The number of carbonyl (C=O) groups excluding carboxylic acids is 1. The van der Waals surface area contributed by atoms with Gasteiger partial charge in [0, 0.05) is 0 Å². The van der Waals surface area contributed by atoms with Crippen molar-refractivity contribution >= 4 is 5.97 Å². The molecule has 1 aromatic heterocycles. The van der Waals surface area contributed by atoms with Crippen molar-refractivity contribution in [2.45, 2.75) is 6.43 Å². The Labute approximate surface area is 89.6 Å². The Hall–Kier alpha value is -1.92. The lowest BCUT2D eigenvalue weighted by Gasteiger charge is -2.12. The molecule has 0 saturated heterocycles. The average Bonchev–Trinajstić information content (AvgIpc) is 2.27. The number of hydrogen-bond acceptors (Lipinski definition) is 5. The van der Waals surface area contributed by atoms with Crippen LogP contribution in [0.2, 0.25) is 0 Å². The van der Waals surface area contributed by atoms with E-state index in [1.54, 1.807) is 0 Å². The van der Waals surface area contributed by atoms with Gasteiger partial charge in [0.15, 0.2) is 17.2 Å².